The minimum atomic E-state index is 0.262. The summed E-state index contributed by atoms with van der Waals surface area (Å²) in [5, 5.41) is 3.30. The Bertz CT molecular complexity index is 303. The molecule has 0 unspecified atom stereocenters. The number of carbonyl (C=O) groups is 1. The third-order valence-corrected chi connectivity index (χ3v) is 2.40. The third-order valence-electron chi connectivity index (χ3n) is 2.40. The molecule has 0 spiro atoms. The second-order valence-corrected chi connectivity index (χ2v) is 3.78. The van der Waals surface area contributed by atoms with Crippen LogP contribution in [-0.2, 0) is 11.2 Å². The van der Waals surface area contributed by atoms with Crippen LogP contribution in [0.1, 0.15) is 32.3 Å². The van der Waals surface area contributed by atoms with Gasteiger partial charge in [0.2, 0.25) is 0 Å². The summed E-state index contributed by atoms with van der Waals surface area (Å²) in [6.45, 7) is 4.65. The van der Waals surface area contributed by atoms with E-state index in [1.54, 1.807) is 6.92 Å². The predicted molar refractivity (Wildman–Crippen MR) is 64.2 cm³/mol. The van der Waals surface area contributed by atoms with Crippen LogP contribution in [0.3, 0.4) is 0 Å². The Labute approximate surface area is 91.7 Å². The number of hydrogen-bond donors (Lipinski definition) is 1. The molecule has 0 aliphatic rings. The molecule has 0 aromatic heterocycles. The van der Waals surface area contributed by atoms with Gasteiger partial charge in [-0.05, 0) is 37.5 Å². The fourth-order valence-corrected chi connectivity index (χ4v) is 1.43. The van der Waals surface area contributed by atoms with E-state index in [9.17, 15) is 4.79 Å². The first-order chi connectivity index (χ1) is 7.22. The van der Waals surface area contributed by atoms with Crippen molar-refractivity contribution in [3.8, 4) is 0 Å². The first kappa shape index (κ1) is 11.8. The van der Waals surface area contributed by atoms with Crippen molar-refractivity contribution in [2.75, 3.05) is 11.9 Å². The SMILES string of the molecule is CCc1ccc(NCCCC(C)=O)cc1. The van der Waals surface area contributed by atoms with E-state index in [2.05, 4.69) is 36.5 Å². The highest BCUT2D eigenvalue weighted by Gasteiger charge is 1.94. The van der Waals surface area contributed by atoms with Gasteiger partial charge in [-0.2, -0.15) is 0 Å². The van der Waals surface area contributed by atoms with Crippen LogP contribution in [0.4, 0.5) is 5.69 Å². The van der Waals surface area contributed by atoms with E-state index in [0.717, 1.165) is 25.1 Å². The number of carbonyl (C=O) groups excluding carboxylic acids is 1. The average Bonchev–Trinajstić information content (AvgIpc) is 2.25. The molecule has 1 rings (SSSR count). The molecular weight excluding hydrogens is 186 g/mol. The van der Waals surface area contributed by atoms with Crippen molar-refractivity contribution in [1.29, 1.82) is 0 Å². The Morgan fingerprint density at radius 2 is 1.93 bits per heavy atom. The summed E-state index contributed by atoms with van der Waals surface area (Å²) in [5.74, 6) is 0.262. The van der Waals surface area contributed by atoms with Gasteiger partial charge in [0, 0.05) is 18.7 Å². The summed E-state index contributed by atoms with van der Waals surface area (Å²) in [6.07, 6.45) is 2.65. The van der Waals surface area contributed by atoms with E-state index >= 15 is 0 Å². The van der Waals surface area contributed by atoms with Crippen LogP contribution in [0.5, 0.6) is 0 Å². The summed E-state index contributed by atoms with van der Waals surface area (Å²) in [7, 11) is 0. The van der Waals surface area contributed by atoms with Crippen LogP contribution in [0.2, 0.25) is 0 Å². The van der Waals surface area contributed by atoms with Crippen molar-refractivity contribution in [1.82, 2.24) is 0 Å². The highest BCUT2D eigenvalue weighted by Crippen LogP contribution is 2.09. The number of aryl methyl sites for hydroxylation is 1. The summed E-state index contributed by atoms with van der Waals surface area (Å²) in [6, 6.07) is 8.44. The highest BCUT2D eigenvalue weighted by molar-refractivity contribution is 5.75. The van der Waals surface area contributed by atoms with Gasteiger partial charge in [0.25, 0.3) is 0 Å². The van der Waals surface area contributed by atoms with Crippen LogP contribution >= 0.6 is 0 Å². The lowest BCUT2D eigenvalue weighted by atomic mass is 10.1. The van der Waals surface area contributed by atoms with Gasteiger partial charge in [-0.15, -0.1) is 0 Å². The Balaban J connectivity index is 2.28. The molecule has 1 aromatic rings. The standard InChI is InChI=1S/C13H19NO/c1-3-12-6-8-13(9-7-12)14-10-4-5-11(2)15/h6-9,14H,3-5,10H2,1-2H3. The molecule has 0 amide bonds. The van der Waals surface area contributed by atoms with Crippen LogP contribution in [0.15, 0.2) is 24.3 Å². The maximum Gasteiger partial charge on any atom is 0.129 e. The zero-order valence-electron chi connectivity index (χ0n) is 9.55. The maximum atomic E-state index is 10.7. The van der Waals surface area contributed by atoms with Gasteiger partial charge >= 0.3 is 0 Å². The van der Waals surface area contributed by atoms with E-state index in [1.165, 1.54) is 5.56 Å². The smallest absolute Gasteiger partial charge is 0.129 e. The van der Waals surface area contributed by atoms with Crippen LogP contribution in [0, 0.1) is 0 Å². The minimum absolute atomic E-state index is 0.262. The number of rotatable bonds is 6. The Kier molecular flexibility index (Phi) is 4.88. The largest absolute Gasteiger partial charge is 0.385 e. The fourth-order valence-electron chi connectivity index (χ4n) is 1.43. The van der Waals surface area contributed by atoms with Crippen molar-refractivity contribution in [3.05, 3.63) is 29.8 Å². The van der Waals surface area contributed by atoms with Gasteiger partial charge in [-0.1, -0.05) is 19.1 Å². The van der Waals surface area contributed by atoms with E-state index in [4.69, 9.17) is 0 Å². The molecule has 0 saturated carbocycles. The van der Waals surface area contributed by atoms with E-state index in [-0.39, 0.29) is 5.78 Å². The van der Waals surface area contributed by atoms with Gasteiger partial charge in [0.15, 0.2) is 0 Å². The molecule has 82 valence electrons. The van der Waals surface area contributed by atoms with Crippen LogP contribution in [-0.4, -0.2) is 12.3 Å². The summed E-state index contributed by atoms with van der Waals surface area (Å²) in [5.41, 5.74) is 2.49. The maximum absolute atomic E-state index is 10.7. The van der Waals surface area contributed by atoms with Crippen LogP contribution in [0.25, 0.3) is 0 Å². The zero-order valence-corrected chi connectivity index (χ0v) is 9.55. The molecule has 0 saturated heterocycles. The monoisotopic (exact) mass is 205 g/mol. The van der Waals surface area contributed by atoms with E-state index in [0.29, 0.717) is 6.42 Å². The molecule has 1 N–H and O–H groups in total. The van der Waals surface area contributed by atoms with Crippen molar-refractivity contribution < 1.29 is 4.79 Å². The molecule has 0 bridgehead atoms. The molecule has 0 aliphatic carbocycles. The highest BCUT2D eigenvalue weighted by atomic mass is 16.1. The molecule has 0 atom stereocenters. The van der Waals surface area contributed by atoms with Gasteiger partial charge in [0.1, 0.15) is 5.78 Å². The summed E-state index contributed by atoms with van der Waals surface area (Å²) < 4.78 is 0. The lowest BCUT2D eigenvalue weighted by Gasteiger charge is -2.06. The Hall–Kier alpha value is -1.31. The van der Waals surface area contributed by atoms with E-state index < -0.39 is 0 Å². The van der Waals surface area contributed by atoms with Crippen molar-refractivity contribution in [2.24, 2.45) is 0 Å². The van der Waals surface area contributed by atoms with Gasteiger partial charge in [-0.25, -0.2) is 0 Å². The number of Topliss-reactive ketones (excluding diaryl/α,β-unsaturated/α-hetero) is 1. The van der Waals surface area contributed by atoms with Crippen molar-refractivity contribution >= 4 is 11.5 Å². The third kappa shape index (κ3) is 4.63. The summed E-state index contributed by atoms with van der Waals surface area (Å²) in [4.78, 5) is 10.7. The lowest BCUT2D eigenvalue weighted by Crippen LogP contribution is -2.03. The molecule has 2 nitrogen and oxygen atoms in total. The number of benzene rings is 1. The number of hydrogen-bond acceptors (Lipinski definition) is 2. The van der Waals surface area contributed by atoms with Crippen molar-refractivity contribution in [3.63, 3.8) is 0 Å². The lowest BCUT2D eigenvalue weighted by molar-refractivity contribution is -0.117. The summed E-state index contributed by atoms with van der Waals surface area (Å²) >= 11 is 0. The second-order valence-electron chi connectivity index (χ2n) is 3.78. The van der Waals surface area contributed by atoms with Crippen LogP contribution < -0.4 is 5.32 Å². The molecule has 0 fully saturated rings. The number of anilines is 1. The fraction of sp³-hybridized carbons (Fsp3) is 0.462. The van der Waals surface area contributed by atoms with Gasteiger partial charge in [0.05, 0.1) is 0 Å². The first-order valence-corrected chi connectivity index (χ1v) is 5.54. The molecule has 0 heterocycles. The molecule has 0 aliphatic heterocycles. The topological polar surface area (TPSA) is 29.1 Å². The predicted octanol–water partition coefficient (Wildman–Crippen LogP) is 3.03. The van der Waals surface area contributed by atoms with Gasteiger partial charge < -0.3 is 10.1 Å². The Morgan fingerprint density at radius 1 is 1.27 bits per heavy atom. The molecule has 15 heavy (non-hydrogen) atoms. The van der Waals surface area contributed by atoms with Crippen molar-refractivity contribution in [2.45, 2.75) is 33.1 Å². The number of nitrogens with one attached hydrogen (secondary N) is 1. The molecule has 1 aromatic carbocycles. The molecule has 2 heteroatoms. The molecular formula is C13H19NO. The average molecular weight is 205 g/mol. The second kappa shape index (κ2) is 6.23. The molecule has 0 radical (unpaired) electrons. The minimum Gasteiger partial charge on any atom is -0.385 e. The zero-order chi connectivity index (χ0) is 11.1. The van der Waals surface area contributed by atoms with E-state index in [1.807, 2.05) is 0 Å². The number of ketones is 1. The quantitative estimate of drug-likeness (QED) is 0.723. The van der Waals surface area contributed by atoms with Gasteiger partial charge in [-0.3, -0.25) is 0 Å². The first-order valence-electron chi connectivity index (χ1n) is 5.54. The Morgan fingerprint density at radius 3 is 2.47 bits per heavy atom. The normalized spacial score (nSPS) is 10.0.